The van der Waals surface area contributed by atoms with Crippen molar-refractivity contribution in [2.75, 3.05) is 44.2 Å². The normalized spacial score (nSPS) is 21.4. The number of aliphatic hydroxyl groups excluding tert-OH is 1. The lowest BCUT2D eigenvalue weighted by Gasteiger charge is -2.44. The quantitative estimate of drug-likeness (QED) is 0.199. The molecule has 10 heteroatoms. The van der Waals surface area contributed by atoms with Crippen LogP contribution in [0.5, 0.6) is 0 Å². The Morgan fingerprint density at radius 3 is 2.38 bits per heavy atom. The fourth-order valence-corrected chi connectivity index (χ4v) is 6.22. The van der Waals surface area contributed by atoms with Crippen LogP contribution in [0, 0.1) is 5.92 Å². The molecule has 10 nitrogen and oxygen atoms in total. The van der Waals surface area contributed by atoms with Crippen molar-refractivity contribution in [1.29, 1.82) is 0 Å². The second-order valence-corrected chi connectivity index (χ2v) is 12.2. The highest BCUT2D eigenvalue weighted by molar-refractivity contribution is 5.68. The lowest BCUT2D eigenvalue weighted by molar-refractivity contribution is -0.276. The second-order valence-electron chi connectivity index (χ2n) is 12.2. The Bertz CT molecular complexity index is 1630. The highest BCUT2D eigenvalue weighted by atomic mass is 16.7. The molecule has 1 aromatic heterocycles. The first-order valence-electron chi connectivity index (χ1n) is 16.5. The van der Waals surface area contributed by atoms with Crippen molar-refractivity contribution in [2.24, 2.45) is 5.92 Å². The zero-order valence-electron chi connectivity index (χ0n) is 27.3. The standard InChI is InChI=1S/C38H43N5O5/c1-3-22-46-38(45)41-24-29-6-4-7-33(23-29)30-12-14-32(15-13-30)36-47-34(27(2)35(48-36)31-10-8-28(26-44)9-11-31)25-42-18-20-43(21-19-42)37-39-16-5-17-40-37/h3-17,23,27,34-36,44H,1,18-22,24-26H2,2H3,(H,41,45). The van der Waals surface area contributed by atoms with Crippen LogP contribution < -0.4 is 10.2 Å². The van der Waals surface area contributed by atoms with E-state index >= 15 is 0 Å². The van der Waals surface area contributed by atoms with Crippen molar-refractivity contribution in [3.05, 3.63) is 126 Å². The first-order chi connectivity index (χ1) is 23.5. The molecule has 3 heterocycles. The van der Waals surface area contributed by atoms with Gasteiger partial charge in [-0.25, -0.2) is 14.8 Å². The number of carbonyl (C=O) groups excluding carboxylic acids is 1. The molecular weight excluding hydrogens is 606 g/mol. The smallest absolute Gasteiger partial charge is 0.407 e. The highest BCUT2D eigenvalue weighted by Gasteiger charge is 2.39. The van der Waals surface area contributed by atoms with E-state index in [0.29, 0.717) is 6.54 Å². The summed E-state index contributed by atoms with van der Waals surface area (Å²) in [6.45, 7) is 10.6. The molecule has 2 fully saturated rings. The summed E-state index contributed by atoms with van der Waals surface area (Å²) in [5, 5.41) is 12.4. The van der Waals surface area contributed by atoms with Crippen molar-refractivity contribution in [3.63, 3.8) is 0 Å². The number of hydrogen-bond acceptors (Lipinski definition) is 9. The third kappa shape index (κ3) is 8.26. The van der Waals surface area contributed by atoms with Gasteiger partial charge in [-0.2, -0.15) is 0 Å². The number of aliphatic hydroxyl groups is 1. The van der Waals surface area contributed by atoms with Gasteiger partial charge in [-0.15, -0.1) is 0 Å². The van der Waals surface area contributed by atoms with Crippen LogP contribution in [0.1, 0.15) is 41.6 Å². The molecule has 2 N–H and O–H groups in total. The van der Waals surface area contributed by atoms with Crippen LogP contribution in [0.4, 0.5) is 10.7 Å². The van der Waals surface area contributed by atoms with Crippen LogP contribution in [0.2, 0.25) is 0 Å². The molecule has 2 aliphatic heterocycles. The van der Waals surface area contributed by atoms with Gasteiger partial charge in [0.1, 0.15) is 6.61 Å². The molecule has 1 amide bonds. The topological polar surface area (TPSA) is 109 Å². The van der Waals surface area contributed by atoms with Crippen LogP contribution >= 0.6 is 0 Å². The summed E-state index contributed by atoms with van der Waals surface area (Å²) in [5.74, 6) is 0.872. The molecule has 0 saturated carbocycles. The summed E-state index contributed by atoms with van der Waals surface area (Å²) < 4.78 is 18.5. The Morgan fingerprint density at radius 2 is 1.67 bits per heavy atom. The lowest BCUT2D eigenvalue weighted by atomic mass is 9.89. The number of benzene rings is 3. The Morgan fingerprint density at radius 1 is 0.938 bits per heavy atom. The van der Waals surface area contributed by atoms with Gasteiger partial charge >= 0.3 is 6.09 Å². The summed E-state index contributed by atoms with van der Waals surface area (Å²) in [5.41, 5.74) is 5.94. The molecule has 6 rings (SSSR count). The van der Waals surface area contributed by atoms with E-state index in [9.17, 15) is 9.90 Å². The Labute approximate surface area is 282 Å². The molecule has 0 bridgehead atoms. The lowest BCUT2D eigenvalue weighted by Crippen LogP contribution is -2.51. The van der Waals surface area contributed by atoms with Gasteiger partial charge in [0.2, 0.25) is 5.95 Å². The molecule has 48 heavy (non-hydrogen) atoms. The van der Waals surface area contributed by atoms with E-state index in [1.54, 1.807) is 12.4 Å². The SMILES string of the molecule is C=CCOC(=O)NCc1cccc(-c2ccc(C3OC(CN4CCN(c5ncccn5)CC4)C(C)C(c4ccc(CO)cc4)O3)cc2)c1. The molecule has 4 aromatic rings. The molecular formula is C38H43N5O5. The van der Waals surface area contributed by atoms with Crippen LogP contribution in [-0.2, 0) is 27.4 Å². The number of nitrogens with zero attached hydrogens (tertiary/aromatic N) is 4. The molecule has 4 atom stereocenters. The molecule has 2 aliphatic rings. The van der Waals surface area contributed by atoms with E-state index in [2.05, 4.69) is 87.1 Å². The molecule has 250 valence electrons. The minimum atomic E-state index is -0.543. The van der Waals surface area contributed by atoms with E-state index in [1.165, 1.54) is 6.08 Å². The zero-order chi connectivity index (χ0) is 33.3. The molecule has 0 aliphatic carbocycles. The molecule has 4 unspecified atom stereocenters. The third-order valence-corrected chi connectivity index (χ3v) is 8.98. The first kappa shape index (κ1) is 33.3. The van der Waals surface area contributed by atoms with Crippen molar-refractivity contribution in [1.82, 2.24) is 20.2 Å². The Hall–Kier alpha value is -4.61. The van der Waals surface area contributed by atoms with Crippen molar-refractivity contribution < 1.29 is 24.1 Å². The molecule has 2 saturated heterocycles. The average molecular weight is 650 g/mol. The van der Waals surface area contributed by atoms with Gasteiger partial charge in [0, 0.05) is 63.1 Å². The summed E-state index contributed by atoms with van der Waals surface area (Å²) >= 11 is 0. The van der Waals surface area contributed by atoms with Crippen LogP contribution in [0.3, 0.4) is 0 Å². The summed E-state index contributed by atoms with van der Waals surface area (Å²) in [4.78, 5) is 25.4. The molecule has 0 spiro atoms. The van der Waals surface area contributed by atoms with Gasteiger partial charge in [0.15, 0.2) is 6.29 Å². The van der Waals surface area contributed by atoms with Gasteiger partial charge in [0.05, 0.1) is 18.8 Å². The summed E-state index contributed by atoms with van der Waals surface area (Å²) in [6, 6.07) is 26.2. The maximum absolute atomic E-state index is 11.9. The number of carbonyl (C=O) groups is 1. The number of anilines is 1. The first-order valence-corrected chi connectivity index (χ1v) is 16.5. The van der Waals surface area contributed by atoms with E-state index in [0.717, 1.165) is 72.1 Å². The minimum absolute atomic E-state index is 0.00373. The third-order valence-electron chi connectivity index (χ3n) is 8.98. The van der Waals surface area contributed by atoms with Gasteiger partial charge in [-0.1, -0.05) is 86.3 Å². The van der Waals surface area contributed by atoms with Crippen molar-refractivity contribution in [3.8, 4) is 11.1 Å². The van der Waals surface area contributed by atoms with Gasteiger partial charge in [0.25, 0.3) is 0 Å². The van der Waals surface area contributed by atoms with Crippen molar-refractivity contribution >= 4 is 12.0 Å². The molecule has 0 radical (unpaired) electrons. The van der Waals surface area contributed by atoms with E-state index in [-0.39, 0.29) is 31.3 Å². The minimum Gasteiger partial charge on any atom is -0.445 e. The second kappa shape index (κ2) is 16.0. The van der Waals surface area contributed by atoms with Crippen molar-refractivity contribution in [2.45, 2.75) is 38.6 Å². The Kier molecular flexibility index (Phi) is 11.1. The van der Waals surface area contributed by atoms with Gasteiger partial charge < -0.3 is 29.5 Å². The summed E-state index contributed by atoms with van der Waals surface area (Å²) in [6.07, 6.45) is 3.85. The number of alkyl carbamates (subject to hydrolysis) is 1. The zero-order valence-corrected chi connectivity index (χ0v) is 27.3. The molecule has 3 aromatic carbocycles. The summed E-state index contributed by atoms with van der Waals surface area (Å²) in [7, 11) is 0. The van der Waals surface area contributed by atoms with Crippen LogP contribution in [0.15, 0.2) is 104 Å². The van der Waals surface area contributed by atoms with E-state index in [1.807, 2.05) is 30.3 Å². The number of piperazine rings is 1. The Balaban J connectivity index is 1.16. The number of amides is 1. The number of nitrogens with one attached hydrogen (secondary N) is 1. The number of ether oxygens (including phenoxy) is 3. The predicted octanol–water partition coefficient (Wildman–Crippen LogP) is 5.66. The van der Waals surface area contributed by atoms with Gasteiger partial charge in [-0.05, 0) is 39.9 Å². The average Bonchev–Trinajstić information content (AvgIpc) is 3.15. The predicted molar refractivity (Wildman–Crippen MR) is 184 cm³/mol. The largest absolute Gasteiger partial charge is 0.445 e. The number of aromatic nitrogens is 2. The maximum atomic E-state index is 11.9. The maximum Gasteiger partial charge on any atom is 0.407 e. The number of rotatable bonds is 11. The van der Waals surface area contributed by atoms with E-state index < -0.39 is 12.4 Å². The van der Waals surface area contributed by atoms with E-state index in [4.69, 9.17) is 14.2 Å². The number of hydrogen-bond donors (Lipinski definition) is 2. The van der Waals surface area contributed by atoms with Gasteiger partial charge in [-0.3, -0.25) is 4.90 Å². The fraction of sp³-hybridized carbons (Fsp3) is 0.342. The van der Waals surface area contributed by atoms with Crippen LogP contribution in [0.25, 0.3) is 11.1 Å². The van der Waals surface area contributed by atoms with Crippen LogP contribution in [-0.4, -0.2) is 71.5 Å². The monoisotopic (exact) mass is 649 g/mol. The fourth-order valence-electron chi connectivity index (χ4n) is 6.22. The highest BCUT2D eigenvalue weighted by Crippen LogP contribution is 2.42.